The van der Waals surface area contributed by atoms with E-state index in [0.717, 1.165) is 5.69 Å². The van der Waals surface area contributed by atoms with Crippen LogP contribution in [0, 0.1) is 0 Å². The van der Waals surface area contributed by atoms with Gasteiger partial charge in [-0.25, -0.2) is 0 Å². The Kier molecular flexibility index (Phi) is 1.77. The third-order valence-corrected chi connectivity index (χ3v) is 2.58. The molecule has 2 rings (SSSR count). The molecule has 1 heterocycles. The van der Waals surface area contributed by atoms with Crippen LogP contribution >= 0.6 is 0 Å². The molecule has 1 fully saturated rings. The molecular weight excluding hydrogens is 148 g/mol. The van der Waals surface area contributed by atoms with Gasteiger partial charge in [0.2, 0.25) is 0 Å². The molecule has 1 unspecified atom stereocenters. The van der Waals surface area contributed by atoms with Gasteiger partial charge in [0.25, 0.3) is 0 Å². The van der Waals surface area contributed by atoms with Crippen molar-refractivity contribution in [3.8, 4) is 0 Å². The molecule has 0 radical (unpaired) electrons. The zero-order valence-electron chi connectivity index (χ0n) is 7.33. The highest BCUT2D eigenvalue weighted by Crippen LogP contribution is 2.31. The summed E-state index contributed by atoms with van der Waals surface area (Å²) in [6.45, 7) is 1.21. The van der Waals surface area contributed by atoms with Crippen molar-refractivity contribution in [1.29, 1.82) is 0 Å². The van der Waals surface area contributed by atoms with Crippen molar-refractivity contribution < 1.29 is 0 Å². The lowest BCUT2D eigenvalue weighted by atomic mass is 9.95. The van der Waals surface area contributed by atoms with Gasteiger partial charge in [-0.3, -0.25) is 4.90 Å². The number of hydrogen-bond donors (Lipinski definition) is 1. The van der Waals surface area contributed by atoms with E-state index in [-0.39, 0.29) is 0 Å². The summed E-state index contributed by atoms with van der Waals surface area (Å²) in [5.74, 6) is 0. The molecule has 2 N–H and O–H groups in total. The maximum Gasteiger partial charge on any atom is 0.0358 e. The van der Waals surface area contributed by atoms with Gasteiger partial charge in [-0.1, -0.05) is 12.1 Å². The molecule has 2 heteroatoms. The van der Waals surface area contributed by atoms with Gasteiger partial charge in [-0.2, -0.15) is 0 Å². The van der Waals surface area contributed by atoms with Gasteiger partial charge in [0, 0.05) is 18.3 Å². The number of nitrogens with zero attached hydrogens (tertiary/aromatic N) is 1. The van der Waals surface area contributed by atoms with Crippen molar-refractivity contribution in [3.05, 3.63) is 29.8 Å². The molecule has 64 valence electrons. The molecule has 1 aliphatic rings. The van der Waals surface area contributed by atoms with E-state index in [4.69, 9.17) is 5.73 Å². The first-order valence-electron chi connectivity index (χ1n) is 4.33. The molecule has 0 spiro atoms. The summed E-state index contributed by atoms with van der Waals surface area (Å²) in [6, 6.07) is 8.78. The van der Waals surface area contributed by atoms with E-state index in [9.17, 15) is 0 Å². The molecule has 1 aromatic rings. The number of rotatable bonds is 1. The minimum absolute atomic E-state index is 0.605. The third kappa shape index (κ3) is 1.18. The fourth-order valence-corrected chi connectivity index (χ4v) is 1.70. The molecule has 1 aliphatic heterocycles. The lowest BCUT2D eigenvalue weighted by molar-refractivity contribution is 0.128. The van der Waals surface area contributed by atoms with Crippen molar-refractivity contribution in [2.75, 3.05) is 19.3 Å². The fourth-order valence-electron chi connectivity index (χ4n) is 1.70. The van der Waals surface area contributed by atoms with Crippen LogP contribution in [0.2, 0.25) is 0 Å². The summed E-state index contributed by atoms with van der Waals surface area (Å²) in [4.78, 5) is 2.34. The second-order valence-electron chi connectivity index (χ2n) is 3.46. The standard InChI is InChI=1S/C10H14N2/c1-12-6-5-10(12)8-3-2-4-9(11)7-8/h2-4,7,10H,5-6,11H2,1H3. The van der Waals surface area contributed by atoms with Crippen LogP contribution in [0.25, 0.3) is 0 Å². The van der Waals surface area contributed by atoms with Crippen LogP contribution in [0.5, 0.6) is 0 Å². The molecular formula is C10H14N2. The van der Waals surface area contributed by atoms with Gasteiger partial charge in [-0.05, 0) is 31.2 Å². The minimum atomic E-state index is 0.605. The Hall–Kier alpha value is -1.02. The van der Waals surface area contributed by atoms with Gasteiger partial charge in [0.15, 0.2) is 0 Å². The molecule has 2 nitrogen and oxygen atoms in total. The van der Waals surface area contributed by atoms with E-state index < -0.39 is 0 Å². The molecule has 0 bridgehead atoms. The second kappa shape index (κ2) is 2.79. The summed E-state index contributed by atoms with van der Waals surface area (Å²) in [5, 5.41) is 0. The quantitative estimate of drug-likeness (QED) is 0.636. The van der Waals surface area contributed by atoms with E-state index in [1.54, 1.807) is 0 Å². The first-order valence-corrected chi connectivity index (χ1v) is 4.33. The predicted octanol–water partition coefficient (Wildman–Crippen LogP) is 1.65. The lowest BCUT2D eigenvalue weighted by Crippen LogP contribution is -2.37. The van der Waals surface area contributed by atoms with Gasteiger partial charge in [0.05, 0.1) is 0 Å². The Morgan fingerprint density at radius 3 is 2.83 bits per heavy atom. The largest absolute Gasteiger partial charge is 0.399 e. The Labute approximate surface area is 73.0 Å². The Morgan fingerprint density at radius 1 is 1.50 bits per heavy atom. The molecule has 0 saturated carbocycles. The molecule has 1 atom stereocenters. The summed E-state index contributed by atoms with van der Waals surface area (Å²) in [7, 11) is 2.15. The van der Waals surface area contributed by atoms with Crippen LogP contribution in [0.3, 0.4) is 0 Å². The van der Waals surface area contributed by atoms with Crippen LogP contribution < -0.4 is 5.73 Å². The maximum atomic E-state index is 5.70. The van der Waals surface area contributed by atoms with Gasteiger partial charge < -0.3 is 5.73 Å². The third-order valence-electron chi connectivity index (χ3n) is 2.58. The Morgan fingerprint density at radius 2 is 2.33 bits per heavy atom. The maximum absolute atomic E-state index is 5.70. The Balaban J connectivity index is 2.22. The normalized spacial score (nSPS) is 23.6. The van der Waals surface area contributed by atoms with Gasteiger partial charge >= 0.3 is 0 Å². The highest BCUT2D eigenvalue weighted by Gasteiger charge is 2.25. The van der Waals surface area contributed by atoms with Crippen molar-refractivity contribution in [2.45, 2.75) is 12.5 Å². The van der Waals surface area contributed by atoms with Crippen LogP contribution in [0.1, 0.15) is 18.0 Å². The predicted molar refractivity (Wildman–Crippen MR) is 50.8 cm³/mol. The van der Waals surface area contributed by atoms with E-state index in [1.807, 2.05) is 12.1 Å². The van der Waals surface area contributed by atoms with E-state index in [0.29, 0.717) is 6.04 Å². The van der Waals surface area contributed by atoms with Crippen molar-refractivity contribution in [2.24, 2.45) is 0 Å². The second-order valence-corrected chi connectivity index (χ2v) is 3.46. The Bertz CT molecular complexity index is 283. The minimum Gasteiger partial charge on any atom is -0.399 e. The molecule has 12 heavy (non-hydrogen) atoms. The lowest BCUT2D eigenvalue weighted by Gasteiger charge is -2.38. The smallest absolute Gasteiger partial charge is 0.0358 e. The molecule has 0 aromatic heterocycles. The summed E-state index contributed by atoms with van der Waals surface area (Å²) in [5.41, 5.74) is 7.92. The first-order chi connectivity index (χ1) is 5.77. The van der Waals surface area contributed by atoms with Crippen molar-refractivity contribution in [1.82, 2.24) is 4.90 Å². The number of anilines is 1. The molecule has 1 saturated heterocycles. The SMILES string of the molecule is CN1CCC1c1cccc(N)c1. The van der Waals surface area contributed by atoms with Crippen LogP contribution in [-0.4, -0.2) is 18.5 Å². The van der Waals surface area contributed by atoms with Gasteiger partial charge in [-0.15, -0.1) is 0 Å². The summed E-state index contributed by atoms with van der Waals surface area (Å²) >= 11 is 0. The van der Waals surface area contributed by atoms with Crippen LogP contribution in [0.4, 0.5) is 5.69 Å². The van der Waals surface area contributed by atoms with Gasteiger partial charge in [0.1, 0.15) is 0 Å². The van der Waals surface area contributed by atoms with Crippen LogP contribution in [0.15, 0.2) is 24.3 Å². The van der Waals surface area contributed by atoms with Crippen LogP contribution in [-0.2, 0) is 0 Å². The molecule has 1 aromatic carbocycles. The summed E-state index contributed by atoms with van der Waals surface area (Å²) < 4.78 is 0. The molecule has 0 amide bonds. The zero-order valence-corrected chi connectivity index (χ0v) is 7.33. The van der Waals surface area contributed by atoms with E-state index >= 15 is 0 Å². The highest BCUT2D eigenvalue weighted by molar-refractivity contribution is 5.42. The average Bonchev–Trinajstić information content (AvgIpc) is 2.02. The first kappa shape index (κ1) is 7.62. The zero-order chi connectivity index (χ0) is 8.55. The van der Waals surface area contributed by atoms with E-state index in [2.05, 4.69) is 24.1 Å². The van der Waals surface area contributed by atoms with E-state index in [1.165, 1.54) is 18.5 Å². The van der Waals surface area contributed by atoms with Crippen molar-refractivity contribution >= 4 is 5.69 Å². The average molecular weight is 162 g/mol. The molecule has 0 aliphatic carbocycles. The number of likely N-dealkylation sites (tertiary alicyclic amines) is 1. The monoisotopic (exact) mass is 162 g/mol. The number of hydrogen-bond acceptors (Lipinski definition) is 2. The van der Waals surface area contributed by atoms with Crippen molar-refractivity contribution in [3.63, 3.8) is 0 Å². The number of nitrogens with two attached hydrogens (primary N) is 1. The topological polar surface area (TPSA) is 29.3 Å². The highest BCUT2D eigenvalue weighted by atomic mass is 15.2. The number of benzene rings is 1. The summed E-state index contributed by atoms with van der Waals surface area (Å²) in [6.07, 6.45) is 1.26. The fraction of sp³-hybridized carbons (Fsp3) is 0.400. The number of nitrogen functional groups attached to an aromatic ring is 1.